The van der Waals surface area contributed by atoms with Crippen LogP contribution in [0.25, 0.3) is 0 Å². The third kappa shape index (κ3) is 2.23. The number of H-pyrrole nitrogens is 1. The van der Waals surface area contributed by atoms with E-state index in [1.807, 2.05) is 30.3 Å². The molecule has 0 aliphatic heterocycles. The molecule has 1 heterocycles. The van der Waals surface area contributed by atoms with Crippen molar-refractivity contribution in [2.45, 2.75) is 13.0 Å². The second-order valence-electron chi connectivity index (χ2n) is 3.71. The van der Waals surface area contributed by atoms with Crippen molar-refractivity contribution in [1.29, 1.82) is 0 Å². The van der Waals surface area contributed by atoms with Gasteiger partial charge in [-0.2, -0.15) is 0 Å². The van der Waals surface area contributed by atoms with E-state index in [9.17, 15) is 4.79 Å². The fourth-order valence-corrected chi connectivity index (χ4v) is 1.67. The summed E-state index contributed by atoms with van der Waals surface area (Å²) in [5.74, 6) is 0. The maximum atomic E-state index is 11.8. The minimum Gasteiger partial charge on any atom is -0.330 e. The molecule has 0 saturated carbocycles. The van der Waals surface area contributed by atoms with E-state index in [1.54, 1.807) is 10.9 Å². The zero-order chi connectivity index (χ0) is 11.4. The van der Waals surface area contributed by atoms with Crippen LogP contribution in [0, 0.1) is 0 Å². The van der Waals surface area contributed by atoms with Gasteiger partial charge < -0.3 is 10.8 Å². The maximum absolute atomic E-state index is 11.8. The summed E-state index contributed by atoms with van der Waals surface area (Å²) in [6.07, 6.45) is 2.36. The molecule has 0 aliphatic carbocycles. The quantitative estimate of drug-likeness (QED) is 0.792. The van der Waals surface area contributed by atoms with E-state index in [2.05, 4.69) is 5.10 Å². The summed E-state index contributed by atoms with van der Waals surface area (Å²) >= 11 is 0. The summed E-state index contributed by atoms with van der Waals surface area (Å²) in [5, 5.41) is 2.96. The van der Waals surface area contributed by atoms with Crippen molar-refractivity contribution >= 4 is 0 Å². The summed E-state index contributed by atoms with van der Waals surface area (Å²) in [6.45, 7) is 1.07. The molecule has 4 heteroatoms. The SMILES string of the molecule is NCCc1c[nH]n(Cc2ccccc2)c1=O. The topological polar surface area (TPSA) is 63.8 Å². The normalized spacial score (nSPS) is 10.6. The van der Waals surface area contributed by atoms with Crippen molar-refractivity contribution in [3.63, 3.8) is 0 Å². The second kappa shape index (κ2) is 4.81. The number of nitrogens with two attached hydrogens (primary N) is 1. The van der Waals surface area contributed by atoms with Crippen LogP contribution < -0.4 is 11.3 Å². The molecule has 0 unspecified atom stereocenters. The van der Waals surface area contributed by atoms with Crippen LogP contribution in [-0.2, 0) is 13.0 Å². The fourth-order valence-electron chi connectivity index (χ4n) is 1.67. The van der Waals surface area contributed by atoms with E-state index in [-0.39, 0.29) is 5.56 Å². The summed E-state index contributed by atoms with van der Waals surface area (Å²) in [5.41, 5.74) is 7.30. The lowest BCUT2D eigenvalue weighted by Crippen LogP contribution is -2.21. The molecule has 2 aromatic rings. The summed E-state index contributed by atoms with van der Waals surface area (Å²) in [4.78, 5) is 11.8. The van der Waals surface area contributed by atoms with Gasteiger partial charge in [0.25, 0.3) is 5.56 Å². The molecule has 0 spiro atoms. The van der Waals surface area contributed by atoms with Crippen LogP contribution in [0.2, 0.25) is 0 Å². The highest BCUT2D eigenvalue weighted by atomic mass is 16.1. The van der Waals surface area contributed by atoms with E-state index in [4.69, 9.17) is 5.73 Å². The maximum Gasteiger partial charge on any atom is 0.269 e. The molecule has 0 amide bonds. The standard InChI is InChI=1S/C12H15N3O/c13-7-6-11-8-14-15(12(11)16)9-10-4-2-1-3-5-10/h1-5,8,14H,6-7,9,13H2. The minimum atomic E-state index is 0.0225. The Balaban J connectivity index is 2.20. The van der Waals surface area contributed by atoms with Crippen LogP contribution in [0.3, 0.4) is 0 Å². The zero-order valence-electron chi connectivity index (χ0n) is 9.02. The summed E-state index contributed by atoms with van der Waals surface area (Å²) < 4.78 is 1.60. The van der Waals surface area contributed by atoms with Crippen molar-refractivity contribution in [2.24, 2.45) is 5.73 Å². The molecule has 0 bridgehead atoms. The number of benzene rings is 1. The molecular formula is C12H15N3O. The lowest BCUT2D eigenvalue weighted by Gasteiger charge is -2.00. The molecule has 0 aliphatic rings. The Kier molecular flexibility index (Phi) is 3.22. The first kappa shape index (κ1) is 10.7. The molecule has 1 aromatic heterocycles. The van der Waals surface area contributed by atoms with Gasteiger partial charge in [0, 0.05) is 11.8 Å². The van der Waals surface area contributed by atoms with Crippen molar-refractivity contribution in [1.82, 2.24) is 9.78 Å². The monoisotopic (exact) mass is 217 g/mol. The lowest BCUT2D eigenvalue weighted by atomic mass is 10.2. The highest BCUT2D eigenvalue weighted by Crippen LogP contribution is 2.00. The highest BCUT2D eigenvalue weighted by Gasteiger charge is 2.04. The molecule has 84 valence electrons. The molecule has 0 atom stereocenters. The molecule has 0 fully saturated rings. The van der Waals surface area contributed by atoms with Crippen LogP contribution in [0.1, 0.15) is 11.1 Å². The predicted molar refractivity (Wildman–Crippen MR) is 63.4 cm³/mol. The fraction of sp³-hybridized carbons (Fsp3) is 0.250. The lowest BCUT2D eigenvalue weighted by molar-refractivity contribution is 0.662. The molecular weight excluding hydrogens is 202 g/mol. The van der Waals surface area contributed by atoms with E-state index < -0.39 is 0 Å². The number of hydrogen-bond donors (Lipinski definition) is 2. The van der Waals surface area contributed by atoms with Crippen LogP contribution in [0.5, 0.6) is 0 Å². The molecule has 0 saturated heterocycles. The largest absolute Gasteiger partial charge is 0.330 e. The van der Waals surface area contributed by atoms with Crippen molar-refractivity contribution < 1.29 is 0 Å². The first-order chi connectivity index (χ1) is 7.81. The Bertz CT molecular complexity index is 498. The third-order valence-corrected chi connectivity index (χ3v) is 2.51. The smallest absolute Gasteiger partial charge is 0.269 e. The van der Waals surface area contributed by atoms with Gasteiger partial charge in [0.15, 0.2) is 0 Å². The van der Waals surface area contributed by atoms with E-state index in [0.29, 0.717) is 19.5 Å². The van der Waals surface area contributed by atoms with Gasteiger partial charge in [-0.25, -0.2) is 4.68 Å². The van der Waals surface area contributed by atoms with Crippen LogP contribution in [0.15, 0.2) is 41.3 Å². The van der Waals surface area contributed by atoms with Gasteiger partial charge >= 0.3 is 0 Å². The first-order valence-electron chi connectivity index (χ1n) is 5.32. The Labute approximate surface area is 93.7 Å². The van der Waals surface area contributed by atoms with Crippen LogP contribution in [0.4, 0.5) is 0 Å². The number of aromatic amines is 1. The Morgan fingerprint density at radius 2 is 2.00 bits per heavy atom. The van der Waals surface area contributed by atoms with Crippen molar-refractivity contribution in [3.05, 3.63) is 58.0 Å². The van der Waals surface area contributed by atoms with Crippen molar-refractivity contribution in [3.8, 4) is 0 Å². The predicted octanol–water partition coefficient (Wildman–Crippen LogP) is 0.726. The van der Waals surface area contributed by atoms with Gasteiger partial charge in [0.1, 0.15) is 0 Å². The molecule has 16 heavy (non-hydrogen) atoms. The minimum absolute atomic E-state index is 0.0225. The van der Waals surface area contributed by atoms with Crippen molar-refractivity contribution in [2.75, 3.05) is 6.54 Å². The van der Waals surface area contributed by atoms with E-state index in [0.717, 1.165) is 11.1 Å². The van der Waals surface area contributed by atoms with Gasteiger partial charge in [-0.15, -0.1) is 0 Å². The molecule has 2 rings (SSSR count). The molecule has 3 N–H and O–H groups in total. The highest BCUT2D eigenvalue weighted by molar-refractivity contribution is 5.15. The third-order valence-electron chi connectivity index (χ3n) is 2.51. The average molecular weight is 217 g/mol. The van der Waals surface area contributed by atoms with Gasteiger partial charge in [0.05, 0.1) is 6.54 Å². The van der Waals surface area contributed by atoms with Crippen LogP contribution in [-0.4, -0.2) is 16.3 Å². The molecule has 4 nitrogen and oxygen atoms in total. The number of aromatic nitrogens is 2. The zero-order valence-corrected chi connectivity index (χ0v) is 9.02. The number of nitrogens with one attached hydrogen (secondary N) is 1. The van der Waals surface area contributed by atoms with Gasteiger partial charge in [-0.3, -0.25) is 4.79 Å². The van der Waals surface area contributed by atoms with Gasteiger partial charge in [-0.05, 0) is 18.5 Å². The average Bonchev–Trinajstić information content (AvgIpc) is 2.64. The van der Waals surface area contributed by atoms with Crippen LogP contribution >= 0.6 is 0 Å². The summed E-state index contributed by atoms with van der Waals surface area (Å²) in [7, 11) is 0. The van der Waals surface area contributed by atoms with E-state index in [1.165, 1.54) is 0 Å². The second-order valence-corrected chi connectivity index (χ2v) is 3.71. The van der Waals surface area contributed by atoms with Gasteiger partial charge in [0.2, 0.25) is 0 Å². The molecule has 1 aromatic carbocycles. The Hall–Kier alpha value is -1.81. The van der Waals surface area contributed by atoms with Gasteiger partial charge in [-0.1, -0.05) is 30.3 Å². The number of rotatable bonds is 4. The summed E-state index contributed by atoms with van der Waals surface area (Å²) in [6, 6.07) is 9.88. The first-order valence-corrected chi connectivity index (χ1v) is 5.32. The number of hydrogen-bond acceptors (Lipinski definition) is 2. The molecule has 0 radical (unpaired) electrons. The van der Waals surface area contributed by atoms with E-state index >= 15 is 0 Å². The Morgan fingerprint density at radius 1 is 1.25 bits per heavy atom. The Morgan fingerprint density at radius 3 is 2.69 bits per heavy atom. The number of nitrogens with zero attached hydrogens (tertiary/aromatic N) is 1.